The Balaban J connectivity index is 1.43. The van der Waals surface area contributed by atoms with Crippen molar-refractivity contribution in [3.63, 3.8) is 0 Å². The molecule has 0 bridgehead atoms. The molecule has 0 saturated heterocycles. The minimum atomic E-state index is -1.06. The first-order valence-electron chi connectivity index (χ1n) is 11.1. The van der Waals surface area contributed by atoms with Gasteiger partial charge in [-0.3, -0.25) is 9.59 Å². The van der Waals surface area contributed by atoms with Gasteiger partial charge < -0.3 is 20.5 Å². The normalized spacial score (nSPS) is 17.2. The highest BCUT2D eigenvalue weighted by molar-refractivity contribution is 5.90. The molecule has 3 N–H and O–H groups in total. The van der Waals surface area contributed by atoms with Crippen molar-refractivity contribution in [3.8, 4) is 11.1 Å². The SMILES string of the molecule is C[C@@H](CC(=O)O)NC(=O)C1(NC(=O)OCC2c3ccccc3-c3ccccc32)CCCC1. The topological polar surface area (TPSA) is 105 Å². The van der Waals surface area contributed by atoms with Crippen LogP contribution in [-0.2, 0) is 14.3 Å². The second kappa shape index (κ2) is 9.02. The van der Waals surface area contributed by atoms with Crippen molar-refractivity contribution in [2.45, 2.75) is 56.5 Å². The molecule has 7 nitrogen and oxygen atoms in total. The summed E-state index contributed by atoms with van der Waals surface area (Å²) in [4.78, 5) is 36.6. The number of alkyl carbamates (subject to hydrolysis) is 1. The Bertz CT molecular complexity index is 983. The van der Waals surface area contributed by atoms with Gasteiger partial charge in [0.25, 0.3) is 0 Å². The Labute approximate surface area is 187 Å². The second-order valence-corrected chi connectivity index (χ2v) is 8.71. The lowest BCUT2D eigenvalue weighted by Gasteiger charge is -2.30. The smallest absolute Gasteiger partial charge is 0.408 e. The molecule has 2 aromatic rings. The first-order chi connectivity index (χ1) is 15.4. The van der Waals surface area contributed by atoms with Gasteiger partial charge in [0.05, 0.1) is 6.42 Å². The van der Waals surface area contributed by atoms with Crippen LogP contribution in [0.4, 0.5) is 4.79 Å². The van der Waals surface area contributed by atoms with Crippen molar-refractivity contribution < 1.29 is 24.2 Å². The third-order valence-electron chi connectivity index (χ3n) is 6.44. The van der Waals surface area contributed by atoms with Crippen LogP contribution < -0.4 is 10.6 Å². The third kappa shape index (κ3) is 4.33. The average molecular weight is 437 g/mol. The molecule has 0 radical (unpaired) electrons. The van der Waals surface area contributed by atoms with Gasteiger partial charge in [0.15, 0.2) is 0 Å². The zero-order valence-electron chi connectivity index (χ0n) is 18.1. The van der Waals surface area contributed by atoms with E-state index in [0.29, 0.717) is 12.8 Å². The standard InChI is InChI=1S/C25H28N2O5/c1-16(14-22(28)29)26-23(30)25(12-6-7-13-25)27-24(31)32-15-21-19-10-4-2-8-17(19)18-9-3-5-11-20(18)21/h2-5,8-11,16,21H,6-7,12-15H2,1H3,(H,26,30)(H,27,31)(H,28,29)/t16-/m0/s1. The largest absolute Gasteiger partial charge is 0.481 e. The van der Waals surface area contributed by atoms with Gasteiger partial charge in [0, 0.05) is 12.0 Å². The van der Waals surface area contributed by atoms with Gasteiger partial charge in [0.1, 0.15) is 12.1 Å². The minimum Gasteiger partial charge on any atom is -0.481 e. The second-order valence-electron chi connectivity index (χ2n) is 8.71. The van der Waals surface area contributed by atoms with Crippen LogP contribution in [0.3, 0.4) is 0 Å². The molecule has 4 rings (SSSR count). The Kier molecular flexibility index (Phi) is 6.17. The first kappa shape index (κ1) is 21.9. The number of carbonyl (C=O) groups excluding carboxylic acids is 2. The van der Waals surface area contributed by atoms with Gasteiger partial charge in [0.2, 0.25) is 5.91 Å². The van der Waals surface area contributed by atoms with Crippen molar-refractivity contribution in [1.29, 1.82) is 0 Å². The fraction of sp³-hybridized carbons (Fsp3) is 0.400. The van der Waals surface area contributed by atoms with Crippen LogP contribution in [0, 0.1) is 0 Å². The van der Waals surface area contributed by atoms with Gasteiger partial charge >= 0.3 is 12.1 Å². The van der Waals surface area contributed by atoms with E-state index in [0.717, 1.165) is 35.1 Å². The molecule has 0 spiro atoms. The van der Waals surface area contributed by atoms with E-state index in [1.54, 1.807) is 6.92 Å². The number of carboxylic acids is 1. The molecule has 2 aliphatic carbocycles. The van der Waals surface area contributed by atoms with Crippen LogP contribution in [0.5, 0.6) is 0 Å². The maximum absolute atomic E-state index is 12.9. The number of hydrogen-bond acceptors (Lipinski definition) is 4. The zero-order chi connectivity index (χ0) is 22.7. The number of hydrogen-bond donors (Lipinski definition) is 3. The van der Waals surface area contributed by atoms with Gasteiger partial charge in [-0.05, 0) is 42.0 Å². The molecule has 7 heteroatoms. The number of carbonyl (C=O) groups is 3. The van der Waals surface area contributed by atoms with Crippen LogP contribution in [-0.4, -0.2) is 41.3 Å². The highest BCUT2D eigenvalue weighted by atomic mass is 16.5. The maximum Gasteiger partial charge on any atom is 0.408 e. The van der Waals surface area contributed by atoms with Crippen molar-refractivity contribution in [3.05, 3.63) is 59.7 Å². The average Bonchev–Trinajstić information content (AvgIpc) is 3.35. The lowest BCUT2D eigenvalue weighted by Crippen LogP contribution is -2.58. The van der Waals surface area contributed by atoms with Gasteiger partial charge in [-0.2, -0.15) is 0 Å². The van der Waals surface area contributed by atoms with E-state index < -0.39 is 23.6 Å². The predicted octanol–water partition coefficient (Wildman–Crippen LogP) is 3.82. The monoisotopic (exact) mass is 436 g/mol. The number of aliphatic carboxylic acids is 1. The maximum atomic E-state index is 12.9. The number of rotatable bonds is 7. The van der Waals surface area contributed by atoms with E-state index in [2.05, 4.69) is 34.9 Å². The molecule has 1 fully saturated rings. The molecule has 0 unspecified atom stereocenters. The number of carboxylic acid groups (broad SMARTS) is 1. The summed E-state index contributed by atoms with van der Waals surface area (Å²) in [5, 5.41) is 14.5. The van der Waals surface area contributed by atoms with Crippen molar-refractivity contribution >= 4 is 18.0 Å². The van der Waals surface area contributed by atoms with E-state index in [9.17, 15) is 14.4 Å². The lowest BCUT2D eigenvalue weighted by atomic mass is 9.96. The summed E-state index contributed by atoms with van der Waals surface area (Å²) in [5.41, 5.74) is 3.48. The number of ether oxygens (including phenoxy) is 1. The van der Waals surface area contributed by atoms with Gasteiger partial charge in [-0.25, -0.2) is 4.79 Å². The molecule has 2 amide bonds. The van der Waals surface area contributed by atoms with Crippen LogP contribution in [0.25, 0.3) is 11.1 Å². The Morgan fingerprint density at radius 1 is 1.03 bits per heavy atom. The van der Waals surface area contributed by atoms with Crippen LogP contribution in [0.2, 0.25) is 0 Å². The van der Waals surface area contributed by atoms with Crippen molar-refractivity contribution in [1.82, 2.24) is 10.6 Å². The van der Waals surface area contributed by atoms with E-state index in [4.69, 9.17) is 9.84 Å². The molecule has 32 heavy (non-hydrogen) atoms. The molecule has 168 valence electrons. The fourth-order valence-electron chi connectivity index (χ4n) is 4.89. The molecule has 2 aromatic carbocycles. The molecular formula is C25H28N2O5. The van der Waals surface area contributed by atoms with Gasteiger partial charge in [-0.1, -0.05) is 61.4 Å². The Hall–Kier alpha value is -3.35. The van der Waals surface area contributed by atoms with Crippen LogP contribution >= 0.6 is 0 Å². The number of benzene rings is 2. The number of nitrogens with one attached hydrogen (secondary N) is 2. The summed E-state index contributed by atoms with van der Waals surface area (Å²) in [6.07, 6.45) is 1.82. The van der Waals surface area contributed by atoms with Crippen molar-refractivity contribution in [2.75, 3.05) is 6.61 Å². The number of amides is 2. The fourth-order valence-corrected chi connectivity index (χ4v) is 4.89. The summed E-state index contributed by atoms with van der Waals surface area (Å²) in [6, 6.07) is 15.7. The highest BCUT2D eigenvalue weighted by Gasteiger charge is 2.43. The predicted molar refractivity (Wildman–Crippen MR) is 119 cm³/mol. The summed E-state index contributed by atoms with van der Waals surface area (Å²) < 4.78 is 5.62. The molecule has 2 aliphatic rings. The van der Waals surface area contributed by atoms with E-state index in [1.807, 2.05) is 24.3 Å². The van der Waals surface area contributed by atoms with Gasteiger partial charge in [-0.15, -0.1) is 0 Å². The molecule has 0 heterocycles. The number of fused-ring (bicyclic) bond motifs is 3. The lowest BCUT2D eigenvalue weighted by molar-refractivity contribution is -0.137. The minimum absolute atomic E-state index is 0.0582. The Morgan fingerprint density at radius 2 is 1.59 bits per heavy atom. The molecule has 0 aliphatic heterocycles. The van der Waals surface area contributed by atoms with E-state index >= 15 is 0 Å². The molecule has 1 atom stereocenters. The first-order valence-corrected chi connectivity index (χ1v) is 11.1. The van der Waals surface area contributed by atoms with Crippen molar-refractivity contribution in [2.24, 2.45) is 0 Å². The molecule has 1 saturated carbocycles. The highest BCUT2D eigenvalue weighted by Crippen LogP contribution is 2.44. The van der Waals surface area contributed by atoms with E-state index in [1.165, 1.54) is 0 Å². The van der Waals surface area contributed by atoms with Crippen LogP contribution in [0.1, 0.15) is 56.1 Å². The molecule has 0 aromatic heterocycles. The van der Waals surface area contributed by atoms with Crippen LogP contribution in [0.15, 0.2) is 48.5 Å². The summed E-state index contributed by atoms with van der Waals surface area (Å²) in [6.45, 7) is 1.81. The summed E-state index contributed by atoms with van der Waals surface area (Å²) in [5.74, 6) is -1.39. The summed E-state index contributed by atoms with van der Waals surface area (Å²) >= 11 is 0. The molecular weight excluding hydrogens is 408 g/mol. The third-order valence-corrected chi connectivity index (χ3v) is 6.44. The van der Waals surface area contributed by atoms with E-state index in [-0.39, 0.29) is 24.9 Å². The quantitative estimate of drug-likeness (QED) is 0.612. The summed E-state index contributed by atoms with van der Waals surface area (Å²) in [7, 11) is 0. The Morgan fingerprint density at radius 3 is 2.16 bits per heavy atom. The zero-order valence-corrected chi connectivity index (χ0v) is 18.1.